The molecule has 4 heteroatoms. The lowest BCUT2D eigenvalue weighted by atomic mass is 9.65. The van der Waals surface area contributed by atoms with Gasteiger partial charge in [0.25, 0.3) is 0 Å². The van der Waals surface area contributed by atoms with Gasteiger partial charge in [0, 0.05) is 45.8 Å². The fraction of sp³-hybridized carbons (Fsp3) is 0.0200. The predicted octanol–water partition coefficient (Wildman–Crippen LogP) is 12.2. The zero-order chi connectivity index (χ0) is 35.6. The van der Waals surface area contributed by atoms with Crippen molar-refractivity contribution in [1.29, 1.82) is 0 Å². The maximum Gasteiger partial charge on any atom is 0.160 e. The van der Waals surface area contributed by atoms with E-state index in [2.05, 4.69) is 157 Å². The fourth-order valence-corrected chi connectivity index (χ4v) is 8.67. The van der Waals surface area contributed by atoms with Gasteiger partial charge in [-0.15, -0.1) is 0 Å². The van der Waals surface area contributed by atoms with E-state index in [4.69, 9.17) is 14.7 Å². The first-order valence-corrected chi connectivity index (χ1v) is 18.3. The van der Waals surface area contributed by atoms with E-state index in [0.29, 0.717) is 5.82 Å². The number of ether oxygens (including phenoxy) is 1. The smallest absolute Gasteiger partial charge is 0.160 e. The lowest BCUT2D eigenvalue weighted by Gasteiger charge is -2.40. The highest BCUT2D eigenvalue weighted by Gasteiger charge is 2.51. The van der Waals surface area contributed by atoms with Crippen molar-refractivity contribution in [3.8, 4) is 67.7 Å². The van der Waals surface area contributed by atoms with Gasteiger partial charge >= 0.3 is 0 Å². The topological polar surface area (TPSA) is 47.9 Å². The standard InChI is InChI=1S/C50H31N3O/c1-2-13-33(14-3-1)49-52-45(30-46(53-49)40-20-10-15-32-12-4-5-17-37(32)40)35-24-26-48-44(29-35)50(41-21-8-6-18-38(41)39-19-7-9-22-42(39)50)43-28-34(23-25-47(43)54-48)36-16-11-27-51-31-36/h1-31H. The fourth-order valence-electron chi connectivity index (χ4n) is 8.67. The van der Waals surface area contributed by atoms with Crippen LogP contribution in [0.1, 0.15) is 22.3 Å². The molecule has 54 heavy (non-hydrogen) atoms. The van der Waals surface area contributed by atoms with E-state index in [1.165, 1.54) is 27.6 Å². The minimum absolute atomic E-state index is 0.641. The number of hydrogen-bond donors (Lipinski definition) is 0. The molecule has 11 rings (SSSR count). The lowest BCUT2D eigenvalue weighted by Crippen LogP contribution is -2.32. The summed E-state index contributed by atoms with van der Waals surface area (Å²) in [6, 6.07) is 62.2. The van der Waals surface area contributed by atoms with Crippen LogP contribution in [-0.4, -0.2) is 15.0 Å². The first-order chi connectivity index (χ1) is 26.8. The van der Waals surface area contributed by atoms with Crippen LogP contribution < -0.4 is 4.74 Å². The second kappa shape index (κ2) is 11.9. The Balaban J connectivity index is 1.19. The minimum atomic E-state index is -0.641. The number of benzene rings is 7. The molecule has 2 aliphatic rings. The molecule has 0 N–H and O–H groups in total. The van der Waals surface area contributed by atoms with E-state index in [1.807, 2.05) is 36.7 Å². The van der Waals surface area contributed by atoms with E-state index in [1.54, 1.807) is 0 Å². The zero-order valence-electron chi connectivity index (χ0n) is 29.1. The minimum Gasteiger partial charge on any atom is -0.457 e. The Morgan fingerprint density at radius 2 is 1.02 bits per heavy atom. The van der Waals surface area contributed by atoms with Crippen LogP contribution in [0.25, 0.3) is 66.9 Å². The van der Waals surface area contributed by atoms with Crippen LogP contribution in [0.4, 0.5) is 0 Å². The summed E-state index contributed by atoms with van der Waals surface area (Å²) in [6.07, 6.45) is 3.74. The van der Waals surface area contributed by atoms with Gasteiger partial charge in [0.1, 0.15) is 11.5 Å². The summed E-state index contributed by atoms with van der Waals surface area (Å²) < 4.78 is 6.86. The maximum atomic E-state index is 6.86. The Morgan fingerprint density at radius 3 is 1.78 bits per heavy atom. The molecule has 0 amide bonds. The molecule has 1 aliphatic heterocycles. The number of hydrogen-bond acceptors (Lipinski definition) is 4. The molecule has 7 aromatic carbocycles. The van der Waals surface area contributed by atoms with Crippen LogP contribution in [0.15, 0.2) is 188 Å². The molecule has 2 aromatic heterocycles. The molecular weight excluding hydrogens is 659 g/mol. The first-order valence-electron chi connectivity index (χ1n) is 18.3. The Morgan fingerprint density at radius 1 is 0.407 bits per heavy atom. The molecule has 0 unspecified atom stereocenters. The zero-order valence-corrected chi connectivity index (χ0v) is 29.1. The summed E-state index contributed by atoms with van der Waals surface area (Å²) >= 11 is 0. The van der Waals surface area contributed by atoms with E-state index in [0.717, 1.165) is 67.2 Å². The number of nitrogens with zero attached hydrogens (tertiary/aromatic N) is 3. The van der Waals surface area contributed by atoms with E-state index in [-0.39, 0.29) is 0 Å². The van der Waals surface area contributed by atoms with Gasteiger partial charge in [0.2, 0.25) is 0 Å². The second-order valence-electron chi connectivity index (χ2n) is 14.0. The Hall–Kier alpha value is -7.17. The van der Waals surface area contributed by atoms with Gasteiger partial charge in [-0.1, -0.05) is 133 Å². The van der Waals surface area contributed by atoms with Crippen molar-refractivity contribution < 1.29 is 4.74 Å². The van der Waals surface area contributed by atoms with E-state index >= 15 is 0 Å². The van der Waals surface area contributed by atoms with Crippen LogP contribution >= 0.6 is 0 Å². The van der Waals surface area contributed by atoms with Crippen molar-refractivity contribution in [2.24, 2.45) is 0 Å². The van der Waals surface area contributed by atoms with Crippen LogP contribution in [0.5, 0.6) is 11.5 Å². The molecule has 0 fully saturated rings. The SMILES string of the molecule is c1ccc(-c2nc(-c3ccc4c(c3)C3(c5cc(-c6cccnc6)ccc5O4)c4ccccc4-c4ccccc43)cc(-c3cccc4ccccc34)n2)cc1. The van der Waals surface area contributed by atoms with Crippen molar-refractivity contribution in [1.82, 2.24) is 15.0 Å². The molecule has 0 saturated carbocycles. The highest BCUT2D eigenvalue weighted by Crippen LogP contribution is 2.62. The molecule has 0 atom stereocenters. The summed E-state index contributed by atoms with van der Waals surface area (Å²) in [4.78, 5) is 14.9. The molecule has 1 spiro atoms. The van der Waals surface area contributed by atoms with Gasteiger partial charge in [-0.3, -0.25) is 4.98 Å². The third-order valence-electron chi connectivity index (χ3n) is 11.1. The number of rotatable bonds is 4. The summed E-state index contributed by atoms with van der Waals surface area (Å²) in [5.74, 6) is 2.36. The Bertz CT molecular complexity index is 2870. The normalized spacial score (nSPS) is 13.1. The molecule has 0 bridgehead atoms. The predicted molar refractivity (Wildman–Crippen MR) is 216 cm³/mol. The number of pyridine rings is 1. The van der Waals surface area contributed by atoms with Crippen molar-refractivity contribution in [2.75, 3.05) is 0 Å². The van der Waals surface area contributed by atoms with Gasteiger partial charge in [0.05, 0.1) is 16.8 Å². The van der Waals surface area contributed by atoms with Crippen molar-refractivity contribution in [3.05, 3.63) is 211 Å². The first kappa shape index (κ1) is 30.5. The van der Waals surface area contributed by atoms with Crippen LogP contribution in [0, 0.1) is 0 Å². The summed E-state index contributed by atoms with van der Waals surface area (Å²) in [6.45, 7) is 0. The molecule has 252 valence electrons. The maximum absolute atomic E-state index is 6.86. The van der Waals surface area contributed by atoms with Crippen molar-refractivity contribution in [2.45, 2.75) is 5.41 Å². The summed E-state index contributed by atoms with van der Waals surface area (Å²) in [7, 11) is 0. The van der Waals surface area contributed by atoms with E-state index in [9.17, 15) is 0 Å². The monoisotopic (exact) mass is 689 g/mol. The van der Waals surface area contributed by atoms with E-state index < -0.39 is 5.41 Å². The Labute approximate surface area is 313 Å². The van der Waals surface area contributed by atoms with Gasteiger partial charge in [-0.2, -0.15) is 0 Å². The molecule has 0 saturated heterocycles. The highest BCUT2D eigenvalue weighted by atomic mass is 16.5. The van der Waals surface area contributed by atoms with Crippen LogP contribution in [0.2, 0.25) is 0 Å². The third kappa shape index (κ3) is 4.53. The highest BCUT2D eigenvalue weighted by molar-refractivity contribution is 5.97. The van der Waals surface area contributed by atoms with Crippen molar-refractivity contribution in [3.63, 3.8) is 0 Å². The van der Waals surface area contributed by atoms with Gasteiger partial charge < -0.3 is 4.74 Å². The quantitative estimate of drug-likeness (QED) is 0.185. The average molecular weight is 690 g/mol. The lowest BCUT2D eigenvalue weighted by molar-refractivity contribution is 0.436. The van der Waals surface area contributed by atoms with Gasteiger partial charge in [0.15, 0.2) is 5.82 Å². The molecule has 4 nitrogen and oxygen atoms in total. The molecular formula is C50H31N3O. The second-order valence-corrected chi connectivity index (χ2v) is 14.0. The van der Waals surface area contributed by atoms with Crippen LogP contribution in [-0.2, 0) is 5.41 Å². The molecule has 9 aromatic rings. The molecule has 0 radical (unpaired) electrons. The largest absolute Gasteiger partial charge is 0.457 e. The third-order valence-corrected chi connectivity index (χ3v) is 11.1. The number of fused-ring (bicyclic) bond motifs is 10. The molecule has 3 heterocycles. The van der Waals surface area contributed by atoms with Crippen molar-refractivity contribution >= 4 is 10.8 Å². The van der Waals surface area contributed by atoms with Gasteiger partial charge in [-0.25, -0.2) is 9.97 Å². The van der Waals surface area contributed by atoms with Gasteiger partial charge in [-0.05, 0) is 81.1 Å². The van der Waals surface area contributed by atoms with Crippen LogP contribution in [0.3, 0.4) is 0 Å². The summed E-state index contributed by atoms with van der Waals surface area (Å²) in [5.41, 5.74) is 13.4. The average Bonchev–Trinajstić information content (AvgIpc) is 3.54. The Kier molecular flexibility index (Phi) is 6.73. The number of aromatic nitrogens is 3. The molecule has 1 aliphatic carbocycles. The summed E-state index contributed by atoms with van der Waals surface area (Å²) in [5, 5.41) is 2.33.